The number of hydrogen-bond acceptors (Lipinski definition) is 2. The molecule has 5 heteroatoms. The van der Waals surface area contributed by atoms with Crippen LogP contribution in [0, 0.1) is 11.6 Å². The number of nitrogens with zero attached hydrogens (tertiary/aromatic N) is 1. The second kappa shape index (κ2) is 4.91. The van der Waals surface area contributed by atoms with Gasteiger partial charge in [0.2, 0.25) is 0 Å². The zero-order chi connectivity index (χ0) is 13.1. The van der Waals surface area contributed by atoms with Crippen LogP contribution in [0.3, 0.4) is 0 Å². The summed E-state index contributed by atoms with van der Waals surface area (Å²) in [6.07, 6.45) is -0.332. The number of aromatic nitrogens is 1. The van der Waals surface area contributed by atoms with Crippen molar-refractivity contribution in [2.75, 3.05) is 0 Å². The number of aliphatic carboxylic acids is 1. The molecule has 1 aromatic carbocycles. The quantitative estimate of drug-likeness (QED) is 0.909. The van der Waals surface area contributed by atoms with Crippen LogP contribution in [0.15, 0.2) is 36.4 Å². The lowest BCUT2D eigenvalue weighted by Crippen LogP contribution is -2.04. The Kier molecular flexibility index (Phi) is 3.32. The number of pyridine rings is 1. The molecule has 0 spiro atoms. The van der Waals surface area contributed by atoms with Gasteiger partial charge >= 0.3 is 5.97 Å². The first-order valence-corrected chi connectivity index (χ1v) is 5.20. The van der Waals surface area contributed by atoms with Crippen LogP contribution in [-0.2, 0) is 11.2 Å². The van der Waals surface area contributed by atoms with Crippen LogP contribution in [-0.4, -0.2) is 16.1 Å². The molecule has 1 aromatic heterocycles. The van der Waals surface area contributed by atoms with Gasteiger partial charge in [-0.25, -0.2) is 13.8 Å². The molecule has 3 nitrogen and oxygen atoms in total. The van der Waals surface area contributed by atoms with Crippen molar-refractivity contribution in [3.8, 4) is 11.3 Å². The Bertz CT molecular complexity index is 599. The fraction of sp³-hybridized carbons (Fsp3) is 0.0769. The standard InChI is InChI=1S/C13H9F2NO2/c14-10-4-2-1-3-9(10)13-11(15)6-5-8(16-13)7-12(17)18/h1-6H,7H2,(H,17,18). The summed E-state index contributed by atoms with van der Waals surface area (Å²) in [4.78, 5) is 14.4. The predicted octanol–water partition coefficient (Wildman–Crippen LogP) is 2.65. The average molecular weight is 249 g/mol. The van der Waals surface area contributed by atoms with E-state index in [9.17, 15) is 13.6 Å². The van der Waals surface area contributed by atoms with Crippen LogP contribution >= 0.6 is 0 Å². The molecule has 0 atom stereocenters. The van der Waals surface area contributed by atoms with E-state index in [0.29, 0.717) is 0 Å². The smallest absolute Gasteiger partial charge is 0.309 e. The lowest BCUT2D eigenvalue weighted by molar-refractivity contribution is -0.136. The molecule has 1 heterocycles. The summed E-state index contributed by atoms with van der Waals surface area (Å²) in [6.45, 7) is 0. The molecule has 1 N–H and O–H groups in total. The molecule has 0 aliphatic carbocycles. The average Bonchev–Trinajstić information content (AvgIpc) is 2.32. The Morgan fingerprint density at radius 1 is 1.11 bits per heavy atom. The second-order valence-electron chi connectivity index (χ2n) is 3.68. The zero-order valence-electron chi connectivity index (χ0n) is 9.23. The summed E-state index contributed by atoms with van der Waals surface area (Å²) < 4.78 is 27.1. The molecule has 18 heavy (non-hydrogen) atoms. The Morgan fingerprint density at radius 3 is 2.50 bits per heavy atom. The van der Waals surface area contributed by atoms with Gasteiger partial charge in [0.25, 0.3) is 0 Å². The maximum atomic E-state index is 13.6. The summed E-state index contributed by atoms with van der Waals surface area (Å²) >= 11 is 0. The topological polar surface area (TPSA) is 50.2 Å². The third kappa shape index (κ3) is 2.51. The second-order valence-corrected chi connectivity index (χ2v) is 3.68. The Hall–Kier alpha value is -2.30. The number of hydrogen-bond donors (Lipinski definition) is 1. The fourth-order valence-corrected chi connectivity index (χ4v) is 1.58. The fourth-order valence-electron chi connectivity index (χ4n) is 1.58. The molecule has 0 aliphatic heterocycles. The monoisotopic (exact) mass is 249 g/mol. The number of rotatable bonds is 3. The third-order valence-corrected chi connectivity index (χ3v) is 2.37. The normalized spacial score (nSPS) is 10.3. The molecule has 2 aromatic rings. The van der Waals surface area contributed by atoms with Crippen molar-refractivity contribution < 1.29 is 18.7 Å². The molecule has 92 valence electrons. The Morgan fingerprint density at radius 2 is 1.83 bits per heavy atom. The van der Waals surface area contributed by atoms with Gasteiger partial charge in [-0.2, -0.15) is 0 Å². The van der Waals surface area contributed by atoms with E-state index < -0.39 is 17.6 Å². The number of benzene rings is 1. The van der Waals surface area contributed by atoms with E-state index in [4.69, 9.17) is 5.11 Å². The summed E-state index contributed by atoms with van der Waals surface area (Å²) in [5.74, 6) is -2.36. The number of halogens is 2. The minimum Gasteiger partial charge on any atom is -0.481 e. The molecule has 2 rings (SSSR count). The van der Waals surface area contributed by atoms with Crippen molar-refractivity contribution in [2.24, 2.45) is 0 Å². The van der Waals surface area contributed by atoms with Gasteiger partial charge in [-0.15, -0.1) is 0 Å². The highest BCUT2D eigenvalue weighted by Crippen LogP contribution is 2.23. The molecule has 0 unspecified atom stereocenters. The maximum absolute atomic E-state index is 13.6. The summed E-state index contributed by atoms with van der Waals surface area (Å²) in [5, 5.41) is 8.64. The lowest BCUT2D eigenvalue weighted by Gasteiger charge is -2.05. The SMILES string of the molecule is O=C(O)Cc1ccc(F)c(-c2ccccc2F)n1. The number of carbonyl (C=O) groups is 1. The van der Waals surface area contributed by atoms with Crippen molar-refractivity contribution in [2.45, 2.75) is 6.42 Å². The van der Waals surface area contributed by atoms with E-state index in [1.807, 2.05) is 0 Å². The maximum Gasteiger partial charge on any atom is 0.309 e. The van der Waals surface area contributed by atoms with Crippen LogP contribution < -0.4 is 0 Å². The summed E-state index contributed by atoms with van der Waals surface area (Å²) in [6, 6.07) is 7.99. The molecule has 0 saturated carbocycles. The largest absolute Gasteiger partial charge is 0.481 e. The molecular formula is C13H9F2NO2. The Balaban J connectivity index is 2.50. The first kappa shape index (κ1) is 12.2. The van der Waals surface area contributed by atoms with E-state index in [1.165, 1.54) is 24.3 Å². The van der Waals surface area contributed by atoms with Gasteiger partial charge in [0, 0.05) is 5.56 Å². The lowest BCUT2D eigenvalue weighted by atomic mass is 10.1. The minimum absolute atomic E-state index is 0.0160. The third-order valence-electron chi connectivity index (χ3n) is 2.37. The minimum atomic E-state index is -1.08. The number of carboxylic acid groups (broad SMARTS) is 1. The van der Waals surface area contributed by atoms with Crippen molar-refractivity contribution in [3.63, 3.8) is 0 Å². The van der Waals surface area contributed by atoms with E-state index in [2.05, 4.69) is 4.98 Å². The zero-order valence-corrected chi connectivity index (χ0v) is 9.23. The van der Waals surface area contributed by atoms with Gasteiger partial charge < -0.3 is 5.11 Å². The summed E-state index contributed by atoms with van der Waals surface area (Å²) in [7, 11) is 0. The molecule has 0 saturated heterocycles. The highest BCUT2D eigenvalue weighted by atomic mass is 19.1. The molecule has 0 fully saturated rings. The molecule has 0 aliphatic rings. The van der Waals surface area contributed by atoms with E-state index >= 15 is 0 Å². The first-order chi connectivity index (χ1) is 8.58. The Labute approximate surface area is 102 Å². The van der Waals surface area contributed by atoms with Crippen LogP contribution in [0.2, 0.25) is 0 Å². The van der Waals surface area contributed by atoms with Crippen LogP contribution in [0.1, 0.15) is 5.69 Å². The predicted molar refractivity (Wildman–Crippen MR) is 60.9 cm³/mol. The van der Waals surface area contributed by atoms with Gasteiger partial charge in [-0.3, -0.25) is 4.79 Å². The first-order valence-electron chi connectivity index (χ1n) is 5.20. The number of carboxylic acids is 1. The van der Waals surface area contributed by atoms with Crippen molar-refractivity contribution in [3.05, 3.63) is 53.7 Å². The van der Waals surface area contributed by atoms with E-state index in [-0.39, 0.29) is 23.4 Å². The van der Waals surface area contributed by atoms with Crippen LogP contribution in [0.4, 0.5) is 8.78 Å². The van der Waals surface area contributed by atoms with Crippen LogP contribution in [0.25, 0.3) is 11.3 Å². The van der Waals surface area contributed by atoms with Crippen molar-refractivity contribution in [1.82, 2.24) is 4.98 Å². The van der Waals surface area contributed by atoms with E-state index in [1.54, 1.807) is 6.07 Å². The van der Waals surface area contributed by atoms with Gasteiger partial charge in [0.05, 0.1) is 12.1 Å². The van der Waals surface area contributed by atoms with Gasteiger partial charge in [0.15, 0.2) is 0 Å². The van der Waals surface area contributed by atoms with E-state index in [0.717, 1.165) is 6.07 Å². The van der Waals surface area contributed by atoms with Gasteiger partial charge in [0.1, 0.15) is 17.3 Å². The molecule has 0 amide bonds. The van der Waals surface area contributed by atoms with Gasteiger partial charge in [-0.05, 0) is 24.3 Å². The summed E-state index contributed by atoms with van der Waals surface area (Å²) in [5.41, 5.74) is 0.0243. The van der Waals surface area contributed by atoms with Crippen LogP contribution in [0.5, 0.6) is 0 Å². The van der Waals surface area contributed by atoms with Crippen molar-refractivity contribution >= 4 is 5.97 Å². The molecule has 0 radical (unpaired) electrons. The molecule has 0 bridgehead atoms. The highest BCUT2D eigenvalue weighted by molar-refractivity contribution is 5.70. The molecular weight excluding hydrogens is 240 g/mol. The highest BCUT2D eigenvalue weighted by Gasteiger charge is 2.13. The van der Waals surface area contributed by atoms with Gasteiger partial charge in [-0.1, -0.05) is 12.1 Å². The van der Waals surface area contributed by atoms with Crippen molar-refractivity contribution in [1.29, 1.82) is 0 Å².